The van der Waals surface area contributed by atoms with E-state index in [2.05, 4.69) is 4.72 Å². The van der Waals surface area contributed by atoms with Gasteiger partial charge in [0.1, 0.15) is 7.49 Å². The molecule has 2 N–H and O–H groups in total. The van der Waals surface area contributed by atoms with Crippen molar-refractivity contribution in [3.63, 3.8) is 0 Å². The van der Waals surface area contributed by atoms with Crippen LogP contribution in [-0.4, -0.2) is 33.3 Å². The summed E-state index contributed by atoms with van der Waals surface area (Å²) in [6.45, 7) is 5.56. The summed E-state index contributed by atoms with van der Waals surface area (Å²) in [5.74, 6) is 0. The van der Waals surface area contributed by atoms with Gasteiger partial charge in [-0.25, -0.2) is 8.42 Å². The summed E-state index contributed by atoms with van der Waals surface area (Å²) in [5, 5.41) is 0.738. The predicted molar refractivity (Wildman–Crippen MR) is 101 cm³/mol. The number of nitrogens with one attached hydrogen (secondary N) is 1. The average molecular weight is 503 g/mol. The van der Waals surface area contributed by atoms with Gasteiger partial charge in [-0.3, -0.25) is 9.62 Å². The molecule has 2 aromatic carbocycles. The molecule has 4 nitrogen and oxygen atoms in total. The number of rotatable bonds is 3. The maximum atomic E-state index is 12.0. The number of hydrogen-bond donors (Lipinski definition) is 2. The number of sulfonamides is 1. The molecule has 1 radical (unpaired) electrons. The van der Waals surface area contributed by atoms with Crippen LogP contribution in [-0.2, 0) is 32.4 Å². The van der Waals surface area contributed by atoms with E-state index < -0.39 is 17.5 Å². The third kappa shape index (κ3) is 10.0. The van der Waals surface area contributed by atoms with Crippen LogP contribution < -0.4 is 4.72 Å². The van der Waals surface area contributed by atoms with E-state index >= 15 is 0 Å². The van der Waals surface area contributed by atoms with E-state index in [-0.39, 0.29) is 27.3 Å². The van der Waals surface area contributed by atoms with Gasteiger partial charge in [0.25, 0.3) is 10.0 Å². The van der Waals surface area contributed by atoms with Gasteiger partial charge in [0.05, 0.1) is 30.6 Å². The van der Waals surface area contributed by atoms with Gasteiger partial charge in [-0.15, -0.1) is 0 Å². The molecule has 0 fully saturated rings. The van der Waals surface area contributed by atoms with Crippen LogP contribution in [0.5, 0.6) is 0 Å². The molecule has 0 atom stereocenters. The van der Waals surface area contributed by atoms with E-state index in [1.54, 1.807) is 18.2 Å². The van der Waals surface area contributed by atoms with Gasteiger partial charge in [-0.2, -0.15) is 0 Å². The van der Waals surface area contributed by atoms with Crippen molar-refractivity contribution in [1.82, 2.24) is 0 Å². The molecule has 0 bridgehead atoms. The molecular weight excluding hydrogens is 484 g/mol. The molecule has 0 aliphatic heterocycles. The van der Waals surface area contributed by atoms with Gasteiger partial charge >= 0.3 is 0 Å². The first-order valence-corrected chi connectivity index (χ1v) is 11.9. The van der Waals surface area contributed by atoms with Crippen LogP contribution in [0.15, 0.2) is 53.4 Å². The minimum atomic E-state index is -3.61. The predicted octanol–water partition coefficient (Wildman–Crippen LogP) is 4.59. The van der Waals surface area contributed by atoms with E-state index in [1.807, 2.05) is 20.0 Å². The largest absolute Gasteiger partial charge is 0.280 e. The Morgan fingerprint density at radius 3 is 1.79 bits per heavy atom. The van der Waals surface area contributed by atoms with Crippen molar-refractivity contribution in [2.75, 3.05) is 24.7 Å². The SMILES string of the molecule is C[P+](C)(C)O.O=S(=O)(Nc1cc(Cl)cc(Cl)c1)c1ccccc1.[Ag]. The summed E-state index contributed by atoms with van der Waals surface area (Å²) < 4.78 is 26.5. The molecular formula is C15H19AgCl2NO3PS+. The van der Waals surface area contributed by atoms with Crippen LogP contribution in [0, 0.1) is 0 Å². The summed E-state index contributed by atoms with van der Waals surface area (Å²) in [6, 6.07) is 12.6. The molecule has 137 valence electrons. The third-order valence-electron chi connectivity index (χ3n) is 2.17. The van der Waals surface area contributed by atoms with Gasteiger partial charge < -0.3 is 0 Å². The van der Waals surface area contributed by atoms with Crippen LogP contribution in [0.2, 0.25) is 10.0 Å². The zero-order valence-electron chi connectivity index (χ0n) is 13.3. The Labute approximate surface area is 169 Å². The normalized spacial score (nSPS) is 10.9. The summed E-state index contributed by atoms with van der Waals surface area (Å²) in [4.78, 5) is 8.81. The van der Waals surface area contributed by atoms with Crippen molar-refractivity contribution in [2.24, 2.45) is 0 Å². The first-order chi connectivity index (χ1) is 10.5. The van der Waals surface area contributed by atoms with Crippen LogP contribution in [0.4, 0.5) is 5.69 Å². The molecule has 0 heterocycles. The Balaban J connectivity index is 0.000000777. The third-order valence-corrected chi connectivity index (χ3v) is 4.00. The monoisotopic (exact) mass is 501 g/mol. The van der Waals surface area contributed by atoms with E-state index in [4.69, 9.17) is 28.1 Å². The number of hydrogen-bond acceptors (Lipinski definition) is 3. The Hall–Kier alpha value is -0.0997. The Kier molecular flexibility index (Phi) is 10.1. The molecule has 0 unspecified atom stereocenters. The van der Waals surface area contributed by atoms with Crippen molar-refractivity contribution in [3.8, 4) is 0 Å². The van der Waals surface area contributed by atoms with Crippen molar-refractivity contribution < 1.29 is 35.7 Å². The molecule has 0 saturated heterocycles. The number of anilines is 1. The minimum Gasteiger partial charge on any atom is -0.280 e. The van der Waals surface area contributed by atoms with Gasteiger partial charge in [-0.1, -0.05) is 41.4 Å². The number of benzene rings is 2. The Morgan fingerprint density at radius 2 is 1.38 bits per heavy atom. The topological polar surface area (TPSA) is 66.4 Å². The van der Waals surface area contributed by atoms with Gasteiger partial charge in [-0.05, 0) is 30.3 Å². The van der Waals surface area contributed by atoms with Gasteiger partial charge in [0.2, 0.25) is 0 Å². The second-order valence-electron chi connectivity index (χ2n) is 5.52. The maximum absolute atomic E-state index is 12.0. The van der Waals surface area contributed by atoms with Crippen molar-refractivity contribution in [1.29, 1.82) is 0 Å². The second-order valence-corrected chi connectivity index (χ2v) is 12.0. The second kappa shape index (κ2) is 10.1. The zero-order valence-corrected chi connectivity index (χ0v) is 18.0. The first kappa shape index (κ1) is 23.9. The molecule has 0 aromatic heterocycles. The van der Waals surface area contributed by atoms with E-state index in [1.165, 1.54) is 30.3 Å². The van der Waals surface area contributed by atoms with Crippen LogP contribution >= 0.6 is 30.7 Å². The quantitative estimate of drug-likeness (QED) is 0.476. The summed E-state index contributed by atoms with van der Waals surface area (Å²) in [6.07, 6.45) is 0. The van der Waals surface area contributed by atoms with Crippen molar-refractivity contribution >= 4 is 46.4 Å². The summed E-state index contributed by atoms with van der Waals surface area (Å²) in [5.41, 5.74) is 0.330. The van der Waals surface area contributed by atoms with Gasteiger partial charge in [0.15, 0.2) is 0 Å². The first-order valence-electron chi connectivity index (χ1n) is 6.55. The van der Waals surface area contributed by atoms with Crippen LogP contribution in [0.1, 0.15) is 0 Å². The smallest absolute Gasteiger partial charge is 0.261 e. The zero-order chi connectivity index (χ0) is 17.7. The van der Waals surface area contributed by atoms with Crippen LogP contribution in [0.3, 0.4) is 0 Å². The van der Waals surface area contributed by atoms with Crippen molar-refractivity contribution in [2.45, 2.75) is 4.90 Å². The maximum Gasteiger partial charge on any atom is 0.261 e. The molecule has 2 aromatic rings. The Bertz CT molecular complexity index is 727. The molecule has 0 spiro atoms. The fourth-order valence-electron chi connectivity index (χ4n) is 1.43. The van der Waals surface area contributed by atoms with Gasteiger partial charge in [0, 0.05) is 32.4 Å². The molecule has 2 rings (SSSR count). The standard InChI is InChI=1S/C12H9Cl2NO2S.C3H10OP.Ag/c13-9-6-10(14)8-11(7-9)15-18(16,17)12-4-2-1-3-5-12;1-5(2,3)4;/h1-8,15H;4H,1-3H3;/q;+1;. The van der Waals surface area contributed by atoms with E-state index in [0.29, 0.717) is 15.7 Å². The number of halogens is 2. The Morgan fingerprint density at radius 1 is 0.958 bits per heavy atom. The molecule has 0 saturated carbocycles. The molecule has 9 heteroatoms. The fourth-order valence-corrected chi connectivity index (χ4v) is 3.01. The average Bonchev–Trinajstić information content (AvgIpc) is 2.36. The summed E-state index contributed by atoms with van der Waals surface area (Å²) in [7, 11) is -5.00. The minimum absolute atomic E-state index is 0. The van der Waals surface area contributed by atoms with Crippen molar-refractivity contribution in [3.05, 3.63) is 58.6 Å². The molecule has 0 aliphatic rings. The molecule has 0 aliphatic carbocycles. The fraction of sp³-hybridized carbons (Fsp3) is 0.200. The molecule has 0 amide bonds. The summed E-state index contributed by atoms with van der Waals surface area (Å²) >= 11 is 11.6. The molecule has 24 heavy (non-hydrogen) atoms. The van der Waals surface area contributed by atoms with E-state index in [0.717, 1.165) is 0 Å². The van der Waals surface area contributed by atoms with E-state index in [9.17, 15) is 8.42 Å². The van der Waals surface area contributed by atoms with Crippen LogP contribution in [0.25, 0.3) is 0 Å².